The predicted octanol–water partition coefficient (Wildman–Crippen LogP) is 3.75. The summed E-state index contributed by atoms with van der Waals surface area (Å²) in [5.74, 6) is -0.252. The van der Waals surface area contributed by atoms with Crippen molar-refractivity contribution in [2.75, 3.05) is 6.54 Å². The number of carbonyl (C=O) groups excluding carboxylic acids is 1. The molecular formula is C17H19F3N2O. The molecule has 0 atom stereocenters. The maximum atomic E-state index is 12.8. The van der Waals surface area contributed by atoms with Crippen molar-refractivity contribution in [2.45, 2.75) is 25.4 Å². The van der Waals surface area contributed by atoms with Crippen molar-refractivity contribution >= 4 is 5.91 Å². The van der Waals surface area contributed by atoms with Crippen molar-refractivity contribution in [3.63, 3.8) is 0 Å². The van der Waals surface area contributed by atoms with Crippen molar-refractivity contribution in [1.29, 1.82) is 0 Å². The zero-order valence-electron chi connectivity index (χ0n) is 13.2. The van der Waals surface area contributed by atoms with E-state index in [0.29, 0.717) is 11.3 Å². The van der Waals surface area contributed by atoms with Gasteiger partial charge in [0.05, 0.1) is 5.56 Å². The Hall–Kier alpha value is -2.24. The van der Waals surface area contributed by atoms with Crippen molar-refractivity contribution in [2.24, 2.45) is 7.05 Å². The van der Waals surface area contributed by atoms with E-state index >= 15 is 0 Å². The first-order valence-corrected chi connectivity index (χ1v) is 7.18. The fraction of sp³-hybridized carbons (Fsp3) is 0.353. The van der Waals surface area contributed by atoms with Crippen LogP contribution in [-0.4, -0.2) is 17.0 Å². The number of rotatable bonds is 4. The van der Waals surface area contributed by atoms with Crippen LogP contribution in [0.1, 0.15) is 35.5 Å². The van der Waals surface area contributed by atoms with Crippen molar-refractivity contribution < 1.29 is 18.0 Å². The van der Waals surface area contributed by atoms with E-state index in [2.05, 4.69) is 5.32 Å². The molecule has 0 aliphatic heterocycles. The second kappa shape index (κ2) is 6.10. The zero-order chi connectivity index (χ0) is 17.3. The van der Waals surface area contributed by atoms with Gasteiger partial charge in [-0.3, -0.25) is 4.79 Å². The summed E-state index contributed by atoms with van der Waals surface area (Å²) < 4.78 is 40.2. The Morgan fingerprint density at radius 2 is 1.78 bits per heavy atom. The highest BCUT2D eigenvalue weighted by molar-refractivity contribution is 5.92. The first-order valence-electron chi connectivity index (χ1n) is 7.18. The molecule has 0 saturated carbocycles. The normalized spacial score (nSPS) is 12.3. The summed E-state index contributed by atoms with van der Waals surface area (Å²) in [7, 11) is 1.76. The lowest BCUT2D eigenvalue weighted by Gasteiger charge is -2.26. The van der Waals surface area contributed by atoms with Gasteiger partial charge in [-0.25, -0.2) is 0 Å². The fourth-order valence-electron chi connectivity index (χ4n) is 2.31. The van der Waals surface area contributed by atoms with Gasteiger partial charge in [0.1, 0.15) is 5.69 Å². The third-order valence-corrected chi connectivity index (χ3v) is 3.84. The molecule has 6 heteroatoms. The van der Waals surface area contributed by atoms with Crippen LogP contribution >= 0.6 is 0 Å². The minimum atomic E-state index is -4.38. The summed E-state index contributed by atoms with van der Waals surface area (Å²) in [4.78, 5) is 12.1. The molecule has 23 heavy (non-hydrogen) atoms. The number of carbonyl (C=O) groups is 1. The smallest absolute Gasteiger partial charge is 0.350 e. The lowest BCUT2D eigenvalue weighted by atomic mass is 9.83. The third kappa shape index (κ3) is 3.94. The van der Waals surface area contributed by atoms with Crippen LogP contribution in [0.2, 0.25) is 0 Å². The van der Waals surface area contributed by atoms with Crippen LogP contribution in [0.5, 0.6) is 0 Å². The molecule has 1 amide bonds. The van der Waals surface area contributed by atoms with E-state index in [4.69, 9.17) is 0 Å². The summed E-state index contributed by atoms with van der Waals surface area (Å²) in [6, 6.07) is 8.65. The standard InChI is InChI=1S/C17H19F3N2O/c1-16(2,11-21-15(23)14-8-5-9-22(14)3)12-6-4-7-13(10-12)17(18,19)20/h4-10H,11H2,1-3H3,(H,21,23). The van der Waals surface area contributed by atoms with E-state index in [1.165, 1.54) is 6.07 Å². The molecule has 2 rings (SSSR count). The number of hydrogen-bond donors (Lipinski definition) is 1. The third-order valence-electron chi connectivity index (χ3n) is 3.84. The molecule has 3 nitrogen and oxygen atoms in total. The van der Waals surface area contributed by atoms with Crippen molar-refractivity contribution in [3.8, 4) is 0 Å². The van der Waals surface area contributed by atoms with Gasteiger partial charge in [0.15, 0.2) is 0 Å². The molecule has 0 aliphatic carbocycles. The number of aromatic nitrogens is 1. The van der Waals surface area contributed by atoms with Crippen molar-refractivity contribution in [3.05, 3.63) is 59.4 Å². The Labute approximate surface area is 133 Å². The van der Waals surface area contributed by atoms with Gasteiger partial charge in [-0.2, -0.15) is 13.2 Å². The largest absolute Gasteiger partial charge is 0.416 e. The second-order valence-electron chi connectivity index (χ2n) is 6.15. The summed E-state index contributed by atoms with van der Waals surface area (Å²) in [6.07, 6.45) is -2.62. The Balaban J connectivity index is 2.13. The number of hydrogen-bond acceptors (Lipinski definition) is 1. The molecule has 0 radical (unpaired) electrons. The van der Waals surface area contributed by atoms with E-state index in [1.807, 2.05) is 0 Å². The molecule has 1 N–H and O–H groups in total. The SMILES string of the molecule is Cn1cccc1C(=O)NCC(C)(C)c1cccc(C(F)(F)F)c1. The van der Waals surface area contributed by atoms with Crippen LogP contribution in [0.4, 0.5) is 13.2 Å². The minimum Gasteiger partial charge on any atom is -0.350 e. The van der Waals surface area contributed by atoms with Gasteiger partial charge >= 0.3 is 6.18 Å². The maximum Gasteiger partial charge on any atom is 0.416 e. The molecule has 124 valence electrons. The van der Waals surface area contributed by atoms with Gasteiger partial charge in [-0.05, 0) is 23.8 Å². The van der Waals surface area contributed by atoms with Gasteiger partial charge in [0.25, 0.3) is 5.91 Å². The van der Waals surface area contributed by atoms with Crippen LogP contribution in [0.15, 0.2) is 42.6 Å². The fourth-order valence-corrected chi connectivity index (χ4v) is 2.31. The van der Waals surface area contributed by atoms with Gasteiger partial charge < -0.3 is 9.88 Å². The first kappa shape index (κ1) is 17.1. The number of nitrogens with zero attached hydrogens (tertiary/aromatic N) is 1. The molecule has 1 heterocycles. The summed E-state index contributed by atoms with van der Waals surface area (Å²) in [6.45, 7) is 3.83. The topological polar surface area (TPSA) is 34.0 Å². The monoisotopic (exact) mass is 324 g/mol. The van der Waals surface area contributed by atoms with E-state index in [9.17, 15) is 18.0 Å². The van der Waals surface area contributed by atoms with E-state index in [0.717, 1.165) is 12.1 Å². The average molecular weight is 324 g/mol. The Morgan fingerprint density at radius 3 is 2.35 bits per heavy atom. The van der Waals surface area contributed by atoms with Gasteiger partial charge in [-0.1, -0.05) is 32.0 Å². The van der Waals surface area contributed by atoms with Crippen LogP contribution in [-0.2, 0) is 18.6 Å². The molecule has 0 saturated heterocycles. The van der Waals surface area contributed by atoms with Crippen molar-refractivity contribution in [1.82, 2.24) is 9.88 Å². The van der Waals surface area contributed by atoms with E-state index in [1.54, 1.807) is 49.9 Å². The van der Waals surface area contributed by atoms with Gasteiger partial charge in [-0.15, -0.1) is 0 Å². The lowest BCUT2D eigenvalue weighted by Crippen LogP contribution is -2.37. The molecule has 0 unspecified atom stereocenters. The Kier molecular flexibility index (Phi) is 4.54. The highest BCUT2D eigenvalue weighted by Crippen LogP contribution is 2.32. The molecular weight excluding hydrogens is 305 g/mol. The molecule has 0 bridgehead atoms. The highest BCUT2D eigenvalue weighted by Gasteiger charge is 2.32. The maximum absolute atomic E-state index is 12.8. The van der Waals surface area contributed by atoms with Crippen LogP contribution < -0.4 is 5.32 Å². The molecule has 0 aliphatic rings. The molecule has 2 aromatic rings. The van der Waals surface area contributed by atoms with Gasteiger partial charge in [0, 0.05) is 25.2 Å². The van der Waals surface area contributed by atoms with Crippen LogP contribution in [0.3, 0.4) is 0 Å². The first-order chi connectivity index (χ1) is 10.6. The summed E-state index contributed by atoms with van der Waals surface area (Å²) >= 11 is 0. The second-order valence-corrected chi connectivity index (χ2v) is 6.15. The van der Waals surface area contributed by atoms with Crippen LogP contribution in [0.25, 0.3) is 0 Å². The molecule has 0 fully saturated rings. The minimum absolute atomic E-state index is 0.234. The quantitative estimate of drug-likeness (QED) is 0.913. The Bertz CT molecular complexity index is 702. The lowest BCUT2D eigenvalue weighted by molar-refractivity contribution is -0.137. The highest BCUT2D eigenvalue weighted by atomic mass is 19.4. The van der Waals surface area contributed by atoms with Crippen LogP contribution in [0, 0.1) is 0 Å². The number of nitrogens with one attached hydrogen (secondary N) is 1. The van der Waals surface area contributed by atoms with Gasteiger partial charge in [0.2, 0.25) is 0 Å². The van der Waals surface area contributed by atoms with E-state index in [-0.39, 0.29) is 12.5 Å². The number of benzene rings is 1. The zero-order valence-corrected chi connectivity index (χ0v) is 13.2. The average Bonchev–Trinajstić information content (AvgIpc) is 2.90. The Morgan fingerprint density at radius 1 is 1.13 bits per heavy atom. The summed E-state index contributed by atoms with van der Waals surface area (Å²) in [5.41, 5.74) is -0.275. The number of alkyl halides is 3. The number of amides is 1. The molecule has 1 aromatic carbocycles. The molecule has 1 aromatic heterocycles. The number of halogens is 3. The molecule has 0 spiro atoms. The predicted molar refractivity (Wildman–Crippen MR) is 82.2 cm³/mol. The number of aryl methyl sites for hydroxylation is 1. The van der Waals surface area contributed by atoms with E-state index < -0.39 is 17.2 Å². The summed E-state index contributed by atoms with van der Waals surface area (Å²) in [5, 5.41) is 2.78.